The standard InChI is InChI=1S/C15H10O7.C15H16O4/c16-7-4-10(19)12-11(5-7)22-15(14(21)13(12)20)6-1-2-8(17)9(18)3-6;1-8(2)4-5-10-11(16)7-13-14(15(10)18)12(17)6-9(3)19-13/h1-5,16-19,21H;4,6-7,16,18H,5H2,1-3H3. The molecule has 0 bridgehead atoms. The lowest BCUT2D eigenvalue weighted by Crippen LogP contribution is -2.02. The predicted octanol–water partition coefficient (Wildman–Crippen LogP) is 5.01. The van der Waals surface area contributed by atoms with Gasteiger partial charge in [0.05, 0.1) is 0 Å². The Balaban J connectivity index is 0.000000191. The van der Waals surface area contributed by atoms with Crippen molar-refractivity contribution in [3.63, 3.8) is 0 Å². The summed E-state index contributed by atoms with van der Waals surface area (Å²) in [6.07, 6.45) is 2.24. The van der Waals surface area contributed by atoms with E-state index in [0.29, 0.717) is 17.7 Å². The van der Waals surface area contributed by atoms with Gasteiger partial charge in [-0.05, 0) is 45.4 Å². The van der Waals surface area contributed by atoms with Crippen molar-refractivity contribution >= 4 is 21.9 Å². The molecule has 0 saturated carbocycles. The van der Waals surface area contributed by atoms with Crippen LogP contribution in [0.4, 0.5) is 0 Å². The van der Waals surface area contributed by atoms with Gasteiger partial charge in [0.25, 0.3) is 0 Å². The van der Waals surface area contributed by atoms with Crippen LogP contribution < -0.4 is 10.9 Å². The number of aromatic hydroxyl groups is 7. The minimum absolute atomic E-state index is 0.0729. The van der Waals surface area contributed by atoms with Gasteiger partial charge in [0.2, 0.25) is 11.2 Å². The molecule has 5 rings (SSSR count). The number of fused-ring (bicyclic) bond motifs is 2. The lowest BCUT2D eigenvalue weighted by molar-refractivity contribution is 0.403. The molecule has 7 N–H and O–H groups in total. The molecule has 3 aromatic carbocycles. The maximum atomic E-state index is 12.1. The van der Waals surface area contributed by atoms with Crippen LogP contribution in [0, 0.1) is 6.92 Å². The predicted molar refractivity (Wildman–Crippen MR) is 150 cm³/mol. The largest absolute Gasteiger partial charge is 0.508 e. The van der Waals surface area contributed by atoms with Gasteiger partial charge in [0.1, 0.15) is 50.7 Å². The molecule has 11 nitrogen and oxygen atoms in total. The highest BCUT2D eigenvalue weighted by atomic mass is 16.4. The van der Waals surface area contributed by atoms with Gasteiger partial charge < -0.3 is 44.6 Å². The highest BCUT2D eigenvalue weighted by Gasteiger charge is 2.19. The van der Waals surface area contributed by atoms with Crippen LogP contribution >= 0.6 is 0 Å². The van der Waals surface area contributed by atoms with Gasteiger partial charge in [0, 0.05) is 35.4 Å². The zero-order chi connectivity index (χ0) is 30.2. The van der Waals surface area contributed by atoms with Crippen molar-refractivity contribution in [3.8, 4) is 51.6 Å². The summed E-state index contributed by atoms with van der Waals surface area (Å²) < 4.78 is 10.7. The third-order valence-corrected chi connectivity index (χ3v) is 6.09. The van der Waals surface area contributed by atoms with Crippen molar-refractivity contribution in [2.75, 3.05) is 0 Å². The normalized spacial score (nSPS) is 10.8. The minimum Gasteiger partial charge on any atom is -0.508 e. The monoisotopic (exact) mass is 562 g/mol. The third kappa shape index (κ3) is 5.59. The van der Waals surface area contributed by atoms with Gasteiger partial charge in [-0.3, -0.25) is 9.59 Å². The molecule has 2 heterocycles. The van der Waals surface area contributed by atoms with Gasteiger partial charge in [0.15, 0.2) is 22.7 Å². The van der Waals surface area contributed by atoms with Crippen LogP contribution in [0.15, 0.2) is 72.5 Å². The Labute approximate surface area is 231 Å². The number of phenols is 6. The second-order valence-electron chi connectivity index (χ2n) is 9.45. The first kappa shape index (κ1) is 28.4. The van der Waals surface area contributed by atoms with Crippen molar-refractivity contribution in [3.05, 3.63) is 85.9 Å². The molecular formula is C30H26O11. The molecule has 0 atom stereocenters. The van der Waals surface area contributed by atoms with E-state index in [1.54, 1.807) is 6.92 Å². The summed E-state index contributed by atoms with van der Waals surface area (Å²) in [5.74, 6) is -2.56. The molecule has 5 aromatic rings. The molecule has 41 heavy (non-hydrogen) atoms. The smallest absolute Gasteiger partial charge is 0.238 e. The van der Waals surface area contributed by atoms with Gasteiger partial charge in [-0.1, -0.05) is 11.6 Å². The Morgan fingerprint density at radius 1 is 0.732 bits per heavy atom. The number of hydrogen-bond donors (Lipinski definition) is 7. The Kier molecular flexibility index (Phi) is 7.55. The van der Waals surface area contributed by atoms with E-state index in [0.717, 1.165) is 29.8 Å². The first-order valence-corrected chi connectivity index (χ1v) is 12.1. The average Bonchev–Trinajstić information content (AvgIpc) is 2.87. The molecule has 0 spiro atoms. The second-order valence-corrected chi connectivity index (χ2v) is 9.45. The molecule has 0 aliphatic heterocycles. The number of phenolic OH excluding ortho intramolecular Hbond substituents is 6. The Morgan fingerprint density at radius 2 is 1.41 bits per heavy atom. The zero-order valence-electron chi connectivity index (χ0n) is 22.1. The summed E-state index contributed by atoms with van der Waals surface area (Å²) in [5.41, 5.74) is 0.397. The zero-order valence-corrected chi connectivity index (χ0v) is 22.1. The minimum atomic E-state index is -0.888. The summed E-state index contributed by atoms with van der Waals surface area (Å²) in [6.45, 7) is 5.49. The topological polar surface area (TPSA) is 202 Å². The summed E-state index contributed by atoms with van der Waals surface area (Å²) in [6, 6.07) is 8.34. The van der Waals surface area contributed by atoms with Crippen molar-refractivity contribution < 1.29 is 44.6 Å². The first-order chi connectivity index (χ1) is 19.3. The molecule has 212 valence electrons. The van der Waals surface area contributed by atoms with E-state index in [1.165, 1.54) is 18.2 Å². The van der Waals surface area contributed by atoms with Gasteiger partial charge in [-0.15, -0.1) is 0 Å². The third-order valence-electron chi connectivity index (χ3n) is 6.09. The molecule has 0 unspecified atom stereocenters. The highest BCUT2D eigenvalue weighted by Crippen LogP contribution is 2.38. The molecule has 0 radical (unpaired) electrons. The number of benzene rings is 3. The van der Waals surface area contributed by atoms with E-state index in [-0.39, 0.29) is 61.7 Å². The average molecular weight is 563 g/mol. The molecule has 0 amide bonds. The molecular weight excluding hydrogens is 536 g/mol. The van der Waals surface area contributed by atoms with Gasteiger partial charge >= 0.3 is 0 Å². The van der Waals surface area contributed by atoms with Crippen LogP contribution in [0.5, 0.6) is 40.2 Å². The van der Waals surface area contributed by atoms with Crippen LogP contribution in [0.1, 0.15) is 25.2 Å². The molecule has 11 heteroatoms. The van der Waals surface area contributed by atoms with Crippen molar-refractivity contribution in [2.45, 2.75) is 27.2 Å². The molecule has 2 aromatic heterocycles. The van der Waals surface area contributed by atoms with Crippen LogP contribution in [0.25, 0.3) is 33.3 Å². The lowest BCUT2D eigenvalue weighted by atomic mass is 10.0. The number of rotatable bonds is 3. The maximum Gasteiger partial charge on any atom is 0.238 e. The number of hydrogen-bond acceptors (Lipinski definition) is 11. The Hall–Kier alpha value is -5.58. The Morgan fingerprint density at radius 3 is 2.07 bits per heavy atom. The van der Waals surface area contributed by atoms with E-state index >= 15 is 0 Å². The molecule has 0 saturated heterocycles. The van der Waals surface area contributed by atoms with E-state index < -0.39 is 22.7 Å². The molecule has 0 aliphatic carbocycles. The van der Waals surface area contributed by atoms with Crippen molar-refractivity contribution in [1.29, 1.82) is 0 Å². The van der Waals surface area contributed by atoms with E-state index in [4.69, 9.17) is 8.83 Å². The van der Waals surface area contributed by atoms with Gasteiger partial charge in [-0.2, -0.15) is 0 Å². The Bertz CT molecular complexity index is 1960. The first-order valence-electron chi connectivity index (χ1n) is 12.1. The summed E-state index contributed by atoms with van der Waals surface area (Å²) >= 11 is 0. The fourth-order valence-corrected chi connectivity index (χ4v) is 4.09. The van der Waals surface area contributed by atoms with Crippen LogP contribution in [0.3, 0.4) is 0 Å². The van der Waals surface area contributed by atoms with Crippen LogP contribution in [-0.2, 0) is 6.42 Å². The van der Waals surface area contributed by atoms with Crippen molar-refractivity contribution in [2.24, 2.45) is 0 Å². The fourth-order valence-electron chi connectivity index (χ4n) is 4.09. The summed E-state index contributed by atoms with van der Waals surface area (Å²) in [7, 11) is 0. The lowest BCUT2D eigenvalue weighted by Gasteiger charge is -2.08. The van der Waals surface area contributed by atoms with Crippen LogP contribution in [0.2, 0.25) is 0 Å². The number of allylic oxidation sites excluding steroid dienone is 2. The van der Waals surface area contributed by atoms with Crippen molar-refractivity contribution in [1.82, 2.24) is 0 Å². The fraction of sp³-hybridized carbons (Fsp3) is 0.133. The quantitative estimate of drug-likeness (QED) is 0.115. The summed E-state index contributed by atoms with van der Waals surface area (Å²) in [4.78, 5) is 24.0. The summed E-state index contributed by atoms with van der Waals surface area (Å²) in [5, 5.41) is 67.8. The molecule has 0 aliphatic rings. The number of aryl methyl sites for hydroxylation is 1. The molecule has 0 fully saturated rings. The second kappa shape index (κ2) is 10.9. The SMILES string of the molecule is CC(C)=CCc1c(O)cc2oc(C)cc(=O)c2c1O.O=c1c(O)c(-c2ccc(O)c(O)c2)oc2cc(O)cc(O)c12. The van der Waals surface area contributed by atoms with Crippen LogP contribution in [-0.4, -0.2) is 35.7 Å². The van der Waals surface area contributed by atoms with E-state index in [2.05, 4.69) is 0 Å². The highest BCUT2D eigenvalue weighted by molar-refractivity contribution is 5.88. The van der Waals surface area contributed by atoms with E-state index in [9.17, 15) is 45.3 Å². The van der Waals surface area contributed by atoms with E-state index in [1.807, 2.05) is 19.9 Å². The van der Waals surface area contributed by atoms with Gasteiger partial charge in [-0.25, -0.2) is 0 Å². The maximum absolute atomic E-state index is 12.1.